The molecule has 1 N–H and O–H groups in total. The molecule has 0 unspecified atom stereocenters. The lowest BCUT2D eigenvalue weighted by molar-refractivity contribution is -0.157. The molecule has 0 saturated carbocycles. The summed E-state index contributed by atoms with van der Waals surface area (Å²) >= 11 is 0. The predicted molar refractivity (Wildman–Crippen MR) is 129 cm³/mol. The van der Waals surface area contributed by atoms with Crippen LogP contribution in [-0.2, 0) is 25.2 Å². The number of para-hydroxylation sites is 1. The number of benzene rings is 2. The Balaban J connectivity index is 2.32. The number of hydrogen-bond donors (Lipinski definition) is 1. The molecule has 0 aromatic heterocycles. The summed E-state index contributed by atoms with van der Waals surface area (Å²) < 4.78 is 11.2. The van der Waals surface area contributed by atoms with Crippen LogP contribution in [0.1, 0.15) is 83.6 Å². The maximum Gasteiger partial charge on any atom is 0.375 e. The Morgan fingerprint density at radius 2 is 1.55 bits per heavy atom. The number of phenolic OH excluding ortho intramolecular Hbond substituents is 1. The first kappa shape index (κ1) is 24.8. The van der Waals surface area contributed by atoms with Crippen LogP contribution in [0.2, 0.25) is 0 Å². The summed E-state index contributed by atoms with van der Waals surface area (Å²) in [6, 6.07) is 11.6. The molecule has 0 radical (unpaired) electrons. The van der Waals surface area contributed by atoms with E-state index in [2.05, 4.69) is 41.5 Å². The van der Waals surface area contributed by atoms with E-state index in [9.17, 15) is 14.7 Å². The number of phenols is 1. The number of fused-ring (bicyclic) bond motifs is 1. The first-order valence-electron chi connectivity index (χ1n) is 11.6. The van der Waals surface area contributed by atoms with E-state index in [1.807, 2.05) is 43.3 Å². The summed E-state index contributed by atoms with van der Waals surface area (Å²) in [6.07, 6.45) is -0.521. The van der Waals surface area contributed by atoms with Gasteiger partial charge in [0.05, 0.1) is 12.5 Å². The van der Waals surface area contributed by atoms with E-state index < -0.39 is 29.7 Å². The largest absolute Gasteiger partial charge is 0.507 e. The Bertz CT molecular complexity index is 1020. The summed E-state index contributed by atoms with van der Waals surface area (Å²) in [6.45, 7) is 16.0. The molecule has 178 valence electrons. The van der Waals surface area contributed by atoms with Gasteiger partial charge in [-0.3, -0.25) is 4.79 Å². The van der Waals surface area contributed by atoms with Crippen LogP contribution >= 0.6 is 0 Å². The second-order valence-corrected chi connectivity index (χ2v) is 10.9. The second-order valence-electron chi connectivity index (χ2n) is 10.9. The smallest absolute Gasteiger partial charge is 0.375 e. The highest BCUT2D eigenvalue weighted by molar-refractivity contribution is 6.34. The van der Waals surface area contributed by atoms with Crippen LogP contribution in [0.3, 0.4) is 0 Å². The van der Waals surface area contributed by atoms with Crippen LogP contribution in [0.4, 0.5) is 0 Å². The van der Waals surface area contributed by atoms with E-state index in [-0.39, 0.29) is 23.2 Å². The minimum Gasteiger partial charge on any atom is -0.507 e. The highest BCUT2D eigenvalue weighted by Crippen LogP contribution is 2.48. The van der Waals surface area contributed by atoms with E-state index in [1.54, 1.807) is 6.92 Å². The molecule has 0 spiro atoms. The number of aromatic hydroxyl groups is 1. The van der Waals surface area contributed by atoms with Crippen LogP contribution in [0.25, 0.3) is 0 Å². The Morgan fingerprint density at radius 1 is 1.00 bits per heavy atom. The maximum absolute atomic E-state index is 13.3. The van der Waals surface area contributed by atoms with E-state index in [0.717, 1.165) is 22.3 Å². The molecule has 0 amide bonds. The van der Waals surface area contributed by atoms with Gasteiger partial charge in [-0.05, 0) is 47.4 Å². The molecule has 1 aliphatic heterocycles. The molecule has 1 heterocycles. The zero-order chi connectivity index (χ0) is 24.7. The zero-order valence-electron chi connectivity index (χ0n) is 21.0. The Kier molecular flexibility index (Phi) is 6.65. The van der Waals surface area contributed by atoms with Gasteiger partial charge >= 0.3 is 5.97 Å². The Morgan fingerprint density at radius 3 is 2.06 bits per heavy atom. The van der Waals surface area contributed by atoms with Crippen molar-refractivity contribution in [2.75, 3.05) is 6.61 Å². The van der Waals surface area contributed by atoms with Crippen molar-refractivity contribution < 1.29 is 24.2 Å². The maximum atomic E-state index is 13.3. The van der Waals surface area contributed by atoms with Gasteiger partial charge in [0.2, 0.25) is 5.78 Å². The number of esters is 1. The van der Waals surface area contributed by atoms with Gasteiger partial charge in [-0.1, -0.05) is 71.9 Å². The van der Waals surface area contributed by atoms with Gasteiger partial charge in [-0.25, -0.2) is 4.79 Å². The average molecular weight is 453 g/mol. The lowest BCUT2D eigenvalue weighted by Crippen LogP contribution is -2.43. The highest BCUT2D eigenvalue weighted by atomic mass is 16.5. The molecule has 3 rings (SSSR count). The topological polar surface area (TPSA) is 72.8 Å². The van der Waals surface area contributed by atoms with Crippen LogP contribution in [0, 0.1) is 5.92 Å². The van der Waals surface area contributed by atoms with Crippen molar-refractivity contribution in [1.29, 1.82) is 0 Å². The van der Waals surface area contributed by atoms with Gasteiger partial charge in [0.15, 0.2) is 0 Å². The van der Waals surface area contributed by atoms with Crippen LogP contribution in [0.15, 0.2) is 36.4 Å². The van der Waals surface area contributed by atoms with E-state index in [4.69, 9.17) is 9.47 Å². The molecule has 2 aromatic carbocycles. The number of ketones is 1. The van der Waals surface area contributed by atoms with Gasteiger partial charge in [-0.15, -0.1) is 0 Å². The average Bonchev–Trinajstić information content (AvgIpc) is 2.71. The fourth-order valence-electron chi connectivity index (χ4n) is 4.65. The monoisotopic (exact) mass is 452 g/mol. The molecular formula is C28H36O5. The highest BCUT2D eigenvalue weighted by Gasteiger charge is 2.45. The summed E-state index contributed by atoms with van der Waals surface area (Å²) in [7, 11) is 0. The molecule has 5 heteroatoms. The molecule has 1 aliphatic rings. The van der Waals surface area contributed by atoms with Crippen molar-refractivity contribution in [3.63, 3.8) is 0 Å². The third-order valence-corrected chi connectivity index (χ3v) is 6.32. The predicted octanol–water partition coefficient (Wildman–Crippen LogP) is 5.65. The SMILES string of the molecule is CCOC(=O)C(=O)[C@H]1[C@H](c2cc(C(C)(C)C)c(O)c(C(C)(C)C)c2)c2ccccc2O[C@@H]1C. The van der Waals surface area contributed by atoms with Gasteiger partial charge in [0, 0.05) is 11.5 Å². The zero-order valence-corrected chi connectivity index (χ0v) is 21.0. The van der Waals surface area contributed by atoms with Gasteiger partial charge in [-0.2, -0.15) is 0 Å². The molecule has 0 fully saturated rings. The quantitative estimate of drug-likeness (QED) is 0.479. The fraction of sp³-hybridized carbons (Fsp3) is 0.500. The minimum absolute atomic E-state index is 0.134. The van der Waals surface area contributed by atoms with Crippen molar-refractivity contribution in [1.82, 2.24) is 0 Å². The van der Waals surface area contributed by atoms with E-state index in [0.29, 0.717) is 5.75 Å². The Hall–Kier alpha value is -2.82. The molecule has 2 aromatic rings. The second kappa shape index (κ2) is 8.85. The summed E-state index contributed by atoms with van der Waals surface area (Å²) in [5.74, 6) is -1.61. The van der Waals surface area contributed by atoms with Crippen molar-refractivity contribution in [2.24, 2.45) is 5.92 Å². The summed E-state index contributed by atoms with van der Waals surface area (Å²) in [5, 5.41) is 11.2. The molecule has 0 saturated heterocycles. The van der Waals surface area contributed by atoms with Crippen LogP contribution < -0.4 is 4.74 Å². The molecule has 0 bridgehead atoms. The van der Waals surface area contributed by atoms with Gasteiger partial charge in [0.25, 0.3) is 0 Å². The lowest BCUT2D eigenvalue weighted by atomic mass is 9.70. The number of Topliss-reactive ketones (excluding diaryl/α,β-unsaturated/α-hetero) is 1. The van der Waals surface area contributed by atoms with E-state index in [1.165, 1.54) is 0 Å². The van der Waals surface area contributed by atoms with E-state index >= 15 is 0 Å². The number of carbonyl (C=O) groups excluding carboxylic acids is 2. The Labute approximate surface area is 197 Å². The first-order chi connectivity index (χ1) is 15.3. The molecule has 5 nitrogen and oxygen atoms in total. The molecule has 3 atom stereocenters. The number of hydrogen-bond acceptors (Lipinski definition) is 5. The molecule has 33 heavy (non-hydrogen) atoms. The third-order valence-electron chi connectivity index (χ3n) is 6.32. The standard InChI is InChI=1S/C28H36O5/c1-9-32-26(31)25(30)22-16(2)33-21-13-11-10-12-18(21)23(22)17-14-19(27(3,4)5)24(29)20(15-17)28(6,7)8/h10-16,22-23,29H,9H2,1-8H3/t16-,22-,23-/m1/s1. The number of carbonyl (C=O) groups is 2. The first-order valence-corrected chi connectivity index (χ1v) is 11.6. The molecular weight excluding hydrogens is 416 g/mol. The number of rotatable bonds is 4. The third kappa shape index (κ3) is 4.78. The van der Waals surface area contributed by atoms with Crippen molar-refractivity contribution in [3.8, 4) is 11.5 Å². The van der Waals surface area contributed by atoms with Gasteiger partial charge in [0.1, 0.15) is 17.6 Å². The van der Waals surface area contributed by atoms with Crippen molar-refractivity contribution in [3.05, 3.63) is 58.7 Å². The van der Waals surface area contributed by atoms with Crippen molar-refractivity contribution in [2.45, 2.75) is 78.2 Å². The van der Waals surface area contributed by atoms with Crippen molar-refractivity contribution >= 4 is 11.8 Å². The minimum atomic E-state index is -0.840. The summed E-state index contributed by atoms with van der Waals surface area (Å²) in [5.41, 5.74) is 2.71. The number of ether oxygens (including phenoxy) is 2. The lowest BCUT2D eigenvalue weighted by Gasteiger charge is -2.38. The van der Waals surface area contributed by atoms with Gasteiger partial charge < -0.3 is 14.6 Å². The fourth-order valence-corrected chi connectivity index (χ4v) is 4.65. The normalized spacial score (nSPS) is 20.5. The van der Waals surface area contributed by atoms with Crippen LogP contribution in [-0.4, -0.2) is 29.6 Å². The summed E-state index contributed by atoms with van der Waals surface area (Å²) in [4.78, 5) is 25.8. The van der Waals surface area contributed by atoms with Crippen LogP contribution in [0.5, 0.6) is 11.5 Å². The molecule has 0 aliphatic carbocycles.